The van der Waals surface area contributed by atoms with Gasteiger partial charge in [-0.2, -0.15) is 0 Å². The van der Waals surface area contributed by atoms with Crippen molar-refractivity contribution in [2.45, 2.75) is 20.3 Å². The van der Waals surface area contributed by atoms with Gasteiger partial charge in [0.1, 0.15) is 0 Å². The summed E-state index contributed by atoms with van der Waals surface area (Å²) < 4.78 is 2.03. The maximum absolute atomic E-state index is 12.9. The maximum Gasteiger partial charge on any atom is 0.257 e. The minimum absolute atomic E-state index is 0.0870. The molecule has 7 heteroatoms. The van der Waals surface area contributed by atoms with Gasteiger partial charge in [0.25, 0.3) is 5.91 Å². The summed E-state index contributed by atoms with van der Waals surface area (Å²) in [6, 6.07) is 10.2. The van der Waals surface area contributed by atoms with Crippen LogP contribution >= 0.6 is 11.3 Å². The largest absolute Gasteiger partial charge is 0.322 e. The predicted octanol–water partition coefficient (Wildman–Crippen LogP) is 3.59. The number of hydrogen-bond acceptors (Lipinski definition) is 5. The van der Waals surface area contributed by atoms with Gasteiger partial charge < -0.3 is 15.1 Å². The van der Waals surface area contributed by atoms with Crippen molar-refractivity contribution in [3.05, 3.63) is 64.4 Å². The van der Waals surface area contributed by atoms with Crippen molar-refractivity contribution in [3.8, 4) is 5.13 Å². The molecule has 0 atom stereocenters. The number of carbonyl (C=O) groups excluding carboxylic acids is 1. The number of nitrogens with one attached hydrogen (secondary N) is 1. The molecule has 3 heterocycles. The molecule has 0 radical (unpaired) electrons. The number of aromatic nitrogens is 2. The number of likely N-dealkylation sites (N-methyl/N-ethyl adjacent to an activating group) is 1. The predicted molar refractivity (Wildman–Crippen MR) is 123 cm³/mol. The molecule has 0 bridgehead atoms. The molecule has 158 valence electrons. The van der Waals surface area contributed by atoms with Gasteiger partial charge >= 0.3 is 0 Å². The quantitative estimate of drug-likeness (QED) is 0.658. The Morgan fingerprint density at radius 1 is 1.13 bits per heavy atom. The van der Waals surface area contributed by atoms with Crippen molar-refractivity contribution in [2.24, 2.45) is 0 Å². The van der Waals surface area contributed by atoms with E-state index in [9.17, 15) is 4.79 Å². The van der Waals surface area contributed by atoms with Gasteiger partial charge in [-0.25, -0.2) is 4.98 Å². The molecule has 6 nitrogen and oxygen atoms in total. The zero-order valence-electron chi connectivity index (χ0n) is 17.9. The summed E-state index contributed by atoms with van der Waals surface area (Å²) in [6.45, 7) is 9.63. The van der Waals surface area contributed by atoms with Gasteiger partial charge in [-0.15, -0.1) is 11.3 Å². The van der Waals surface area contributed by atoms with Crippen molar-refractivity contribution in [2.75, 3.05) is 45.1 Å². The molecule has 3 aromatic rings. The Bertz CT molecular complexity index is 986. The van der Waals surface area contributed by atoms with Crippen LogP contribution in [0.3, 0.4) is 0 Å². The van der Waals surface area contributed by atoms with Gasteiger partial charge in [-0.1, -0.05) is 12.1 Å². The Kier molecular flexibility index (Phi) is 6.32. The summed E-state index contributed by atoms with van der Waals surface area (Å²) in [7, 11) is 2.18. The monoisotopic (exact) mass is 423 g/mol. The fourth-order valence-corrected chi connectivity index (χ4v) is 4.68. The molecule has 0 aliphatic carbocycles. The Hall–Kier alpha value is -2.48. The van der Waals surface area contributed by atoms with Crippen LogP contribution in [0.4, 0.5) is 5.69 Å². The third-order valence-electron chi connectivity index (χ3n) is 5.81. The number of nitrogens with zero attached hydrogens (tertiary/aromatic N) is 4. The second kappa shape index (κ2) is 9.12. The van der Waals surface area contributed by atoms with E-state index in [1.807, 2.05) is 42.0 Å². The lowest BCUT2D eigenvalue weighted by molar-refractivity contribution is 0.102. The third-order valence-corrected chi connectivity index (χ3v) is 6.57. The molecule has 0 spiro atoms. The number of benzene rings is 1. The Labute approximate surface area is 182 Å². The number of anilines is 1. The average Bonchev–Trinajstić information content (AvgIpc) is 3.36. The molecule has 1 N–H and O–H groups in total. The maximum atomic E-state index is 12.9. The van der Waals surface area contributed by atoms with Gasteiger partial charge in [0.2, 0.25) is 0 Å². The molecule has 1 aliphatic rings. The van der Waals surface area contributed by atoms with Gasteiger partial charge in [-0.3, -0.25) is 9.36 Å². The first-order chi connectivity index (χ1) is 14.5. The van der Waals surface area contributed by atoms with E-state index in [-0.39, 0.29) is 5.91 Å². The summed E-state index contributed by atoms with van der Waals surface area (Å²) in [4.78, 5) is 22.1. The van der Waals surface area contributed by atoms with E-state index >= 15 is 0 Å². The molecule has 4 rings (SSSR count). The summed E-state index contributed by atoms with van der Waals surface area (Å²) in [6.07, 6.45) is 2.82. The van der Waals surface area contributed by atoms with Gasteiger partial charge in [0, 0.05) is 61.4 Å². The molecule has 2 aromatic heterocycles. The summed E-state index contributed by atoms with van der Waals surface area (Å²) >= 11 is 1.56. The zero-order valence-corrected chi connectivity index (χ0v) is 18.7. The van der Waals surface area contributed by atoms with E-state index in [1.165, 1.54) is 5.56 Å². The van der Waals surface area contributed by atoms with Crippen LogP contribution in [0.1, 0.15) is 27.3 Å². The van der Waals surface area contributed by atoms with Crippen LogP contribution in [0.5, 0.6) is 0 Å². The van der Waals surface area contributed by atoms with Crippen molar-refractivity contribution in [1.29, 1.82) is 0 Å². The molecule has 1 aliphatic heterocycles. The number of aryl methyl sites for hydroxylation is 1. The minimum Gasteiger partial charge on any atom is -0.322 e. The fourth-order valence-electron chi connectivity index (χ4n) is 3.93. The van der Waals surface area contributed by atoms with E-state index in [4.69, 9.17) is 0 Å². The highest BCUT2D eigenvalue weighted by molar-refractivity contribution is 7.12. The first-order valence-electron chi connectivity index (χ1n) is 10.4. The highest BCUT2D eigenvalue weighted by Gasteiger charge is 2.18. The van der Waals surface area contributed by atoms with E-state index < -0.39 is 0 Å². The van der Waals surface area contributed by atoms with Gasteiger partial charge in [0.15, 0.2) is 5.13 Å². The lowest BCUT2D eigenvalue weighted by atomic mass is 10.1. The lowest BCUT2D eigenvalue weighted by Gasteiger charge is -2.32. The summed E-state index contributed by atoms with van der Waals surface area (Å²) in [5, 5.41) is 5.86. The molecule has 1 aromatic carbocycles. The zero-order chi connectivity index (χ0) is 21.1. The number of piperazine rings is 1. The number of amides is 1. The normalized spacial score (nSPS) is 15.4. The lowest BCUT2D eigenvalue weighted by Crippen LogP contribution is -2.45. The highest BCUT2D eigenvalue weighted by atomic mass is 32.1. The van der Waals surface area contributed by atoms with E-state index in [1.54, 1.807) is 17.5 Å². The average molecular weight is 424 g/mol. The Morgan fingerprint density at radius 3 is 2.53 bits per heavy atom. The molecule has 0 saturated carbocycles. The molecule has 0 unspecified atom stereocenters. The SMILES string of the molecule is Cc1cc(C(=O)Nc2ccc(CCN3CCN(C)CC3)cc2)c(C)n1-c1nccs1. The Balaban J connectivity index is 1.37. The van der Waals surface area contributed by atoms with Crippen LogP contribution in [0.2, 0.25) is 0 Å². The molecular weight excluding hydrogens is 394 g/mol. The van der Waals surface area contributed by atoms with E-state index in [2.05, 4.69) is 39.3 Å². The van der Waals surface area contributed by atoms with Crippen molar-refractivity contribution in [1.82, 2.24) is 19.4 Å². The van der Waals surface area contributed by atoms with Crippen LogP contribution in [0.25, 0.3) is 5.13 Å². The number of hydrogen-bond donors (Lipinski definition) is 1. The van der Waals surface area contributed by atoms with E-state index in [0.717, 1.165) is 61.4 Å². The van der Waals surface area contributed by atoms with Gasteiger partial charge in [-0.05, 0) is 51.1 Å². The van der Waals surface area contributed by atoms with Crippen LogP contribution in [0.15, 0.2) is 41.9 Å². The number of rotatable bonds is 6. The van der Waals surface area contributed by atoms with Crippen LogP contribution < -0.4 is 5.32 Å². The summed E-state index contributed by atoms with van der Waals surface area (Å²) in [5.74, 6) is -0.0870. The molecule has 30 heavy (non-hydrogen) atoms. The molecule has 1 amide bonds. The fraction of sp³-hybridized carbons (Fsp3) is 0.391. The van der Waals surface area contributed by atoms with Gasteiger partial charge in [0.05, 0.1) is 5.56 Å². The van der Waals surface area contributed by atoms with Crippen molar-refractivity contribution >= 4 is 22.9 Å². The van der Waals surface area contributed by atoms with Crippen molar-refractivity contribution < 1.29 is 4.79 Å². The standard InChI is InChI=1S/C23H29N5OS/c1-17-16-21(18(2)28(17)23-24-9-15-30-23)22(29)25-20-6-4-19(5-7-20)8-10-27-13-11-26(3)12-14-27/h4-7,9,15-16H,8,10-14H2,1-3H3,(H,25,29). The second-order valence-electron chi connectivity index (χ2n) is 7.98. The third kappa shape index (κ3) is 4.64. The second-order valence-corrected chi connectivity index (χ2v) is 8.85. The van der Waals surface area contributed by atoms with Crippen LogP contribution in [0, 0.1) is 13.8 Å². The molecule has 1 fully saturated rings. The molecular formula is C23H29N5OS. The highest BCUT2D eigenvalue weighted by Crippen LogP contribution is 2.23. The minimum atomic E-state index is -0.0870. The molecule has 1 saturated heterocycles. The first-order valence-corrected chi connectivity index (χ1v) is 11.3. The van der Waals surface area contributed by atoms with Crippen molar-refractivity contribution in [3.63, 3.8) is 0 Å². The van der Waals surface area contributed by atoms with Crippen LogP contribution in [-0.4, -0.2) is 65.0 Å². The Morgan fingerprint density at radius 2 is 1.87 bits per heavy atom. The van der Waals surface area contributed by atoms with Crippen LogP contribution in [-0.2, 0) is 6.42 Å². The number of carbonyl (C=O) groups is 1. The topological polar surface area (TPSA) is 53.4 Å². The number of thiazole rings is 1. The van der Waals surface area contributed by atoms with E-state index in [0.29, 0.717) is 5.56 Å². The summed E-state index contributed by atoms with van der Waals surface area (Å²) in [5.41, 5.74) is 4.72. The first kappa shape index (κ1) is 20.8. The smallest absolute Gasteiger partial charge is 0.257 e.